The average Bonchev–Trinajstić information content (AvgIpc) is 2.91. The number of methoxy groups -OCH3 is 2. The molecule has 0 bridgehead atoms. The van der Waals surface area contributed by atoms with E-state index < -0.39 is 0 Å². The van der Waals surface area contributed by atoms with Gasteiger partial charge in [-0.15, -0.1) is 15.3 Å². The third-order valence-corrected chi connectivity index (χ3v) is 3.82. The summed E-state index contributed by atoms with van der Waals surface area (Å²) in [6, 6.07) is 5.41. The van der Waals surface area contributed by atoms with Crippen molar-refractivity contribution < 1.29 is 9.47 Å². The molecule has 0 saturated carbocycles. The molecule has 3 aromatic rings. The zero-order valence-corrected chi connectivity index (χ0v) is 12.8. The minimum Gasteiger partial charge on any atom is -0.493 e. The molecule has 1 aromatic carbocycles. The number of fused-ring (bicyclic) bond motifs is 1. The predicted molar refractivity (Wildman–Crippen MR) is 81.7 cm³/mol. The number of rotatable bonds is 4. The third kappa shape index (κ3) is 2.46. The van der Waals surface area contributed by atoms with Gasteiger partial charge in [0.25, 0.3) is 5.56 Å². The summed E-state index contributed by atoms with van der Waals surface area (Å²) in [7, 11) is 3.12. The molecule has 0 fully saturated rings. The van der Waals surface area contributed by atoms with E-state index >= 15 is 0 Å². The van der Waals surface area contributed by atoms with E-state index in [0.29, 0.717) is 22.9 Å². The lowest BCUT2D eigenvalue weighted by Gasteiger charge is -2.09. The Kier molecular flexibility index (Phi) is 3.63. The van der Waals surface area contributed by atoms with Gasteiger partial charge in [-0.05, 0) is 17.7 Å². The second kappa shape index (κ2) is 5.60. The number of nitrogens with zero attached hydrogens (tertiary/aromatic N) is 4. The van der Waals surface area contributed by atoms with E-state index in [0.717, 1.165) is 16.9 Å². The zero-order chi connectivity index (χ0) is 15.7. The van der Waals surface area contributed by atoms with Crippen molar-refractivity contribution in [2.24, 2.45) is 0 Å². The van der Waals surface area contributed by atoms with Gasteiger partial charge in [0.1, 0.15) is 5.69 Å². The first-order valence-corrected chi connectivity index (χ1v) is 7.16. The molecule has 8 nitrogen and oxygen atoms in total. The molecule has 2 N–H and O–H groups in total. The van der Waals surface area contributed by atoms with Crippen LogP contribution in [-0.2, 0) is 6.42 Å². The van der Waals surface area contributed by atoms with E-state index in [9.17, 15) is 4.79 Å². The van der Waals surface area contributed by atoms with Crippen LogP contribution in [0.4, 0.5) is 5.13 Å². The van der Waals surface area contributed by atoms with Crippen LogP contribution in [-0.4, -0.2) is 34.0 Å². The molecule has 0 amide bonds. The Hall–Kier alpha value is -2.68. The van der Waals surface area contributed by atoms with Crippen LogP contribution in [0.15, 0.2) is 23.0 Å². The van der Waals surface area contributed by atoms with Crippen molar-refractivity contribution >= 4 is 21.4 Å². The van der Waals surface area contributed by atoms with Gasteiger partial charge in [-0.3, -0.25) is 4.79 Å². The molecule has 0 aliphatic carbocycles. The standard InChI is InChI=1S/C13H13N5O3S/c1-20-9-4-3-7(6-10(9)21-2)5-8-11(19)18-13(16-15-8)22-12(14)17-18/h3-4,6H,5H2,1-2H3,(H2,14,17). The van der Waals surface area contributed by atoms with Crippen LogP contribution < -0.4 is 20.8 Å². The molecule has 0 unspecified atom stereocenters. The zero-order valence-electron chi connectivity index (χ0n) is 11.9. The summed E-state index contributed by atoms with van der Waals surface area (Å²) in [6.07, 6.45) is 0.312. The van der Waals surface area contributed by atoms with E-state index in [4.69, 9.17) is 15.2 Å². The predicted octanol–water partition coefficient (Wildman–Crippen LogP) is 0.736. The Morgan fingerprint density at radius 1 is 1.23 bits per heavy atom. The fraction of sp³-hybridized carbons (Fsp3) is 0.231. The van der Waals surface area contributed by atoms with Crippen LogP contribution in [0.5, 0.6) is 11.5 Å². The minimum absolute atomic E-state index is 0.273. The minimum atomic E-state index is -0.326. The lowest BCUT2D eigenvalue weighted by Crippen LogP contribution is -2.22. The molecule has 0 saturated heterocycles. The molecule has 2 heterocycles. The maximum Gasteiger partial charge on any atom is 0.297 e. The van der Waals surface area contributed by atoms with Crippen molar-refractivity contribution in [3.8, 4) is 11.5 Å². The van der Waals surface area contributed by atoms with E-state index in [1.165, 1.54) is 4.52 Å². The van der Waals surface area contributed by atoms with Crippen molar-refractivity contribution in [3.63, 3.8) is 0 Å². The number of hydrogen-bond donors (Lipinski definition) is 1. The van der Waals surface area contributed by atoms with Gasteiger partial charge in [-0.1, -0.05) is 17.4 Å². The van der Waals surface area contributed by atoms with Gasteiger partial charge in [0.2, 0.25) is 10.1 Å². The van der Waals surface area contributed by atoms with Gasteiger partial charge in [0.05, 0.1) is 14.2 Å². The second-order valence-corrected chi connectivity index (χ2v) is 5.44. The summed E-state index contributed by atoms with van der Waals surface area (Å²) in [6.45, 7) is 0. The van der Waals surface area contributed by atoms with Gasteiger partial charge >= 0.3 is 0 Å². The summed E-state index contributed by atoms with van der Waals surface area (Å²) < 4.78 is 11.6. The average molecular weight is 319 g/mol. The number of ether oxygens (including phenoxy) is 2. The maximum atomic E-state index is 12.3. The van der Waals surface area contributed by atoms with E-state index in [2.05, 4.69) is 15.3 Å². The van der Waals surface area contributed by atoms with Gasteiger partial charge in [-0.2, -0.15) is 4.52 Å². The molecule has 22 heavy (non-hydrogen) atoms. The molecule has 0 spiro atoms. The van der Waals surface area contributed by atoms with E-state index in [1.807, 2.05) is 6.07 Å². The Morgan fingerprint density at radius 3 is 2.73 bits per heavy atom. The lowest BCUT2D eigenvalue weighted by molar-refractivity contribution is 0.354. The fourth-order valence-electron chi connectivity index (χ4n) is 2.06. The molecule has 3 rings (SSSR count). The van der Waals surface area contributed by atoms with E-state index in [1.54, 1.807) is 26.4 Å². The first-order valence-electron chi connectivity index (χ1n) is 6.34. The second-order valence-electron chi connectivity index (χ2n) is 4.45. The highest BCUT2D eigenvalue weighted by atomic mass is 32.1. The van der Waals surface area contributed by atoms with Crippen LogP contribution in [0.3, 0.4) is 0 Å². The van der Waals surface area contributed by atoms with Gasteiger partial charge < -0.3 is 15.2 Å². The Morgan fingerprint density at radius 2 is 2.00 bits per heavy atom. The van der Waals surface area contributed by atoms with Crippen LogP contribution in [0.2, 0.25) is 0 Å². The van der Waals surface area contributed by atoms with Gasteiger partial charge in [-0.25, -0.2) is 0 Å². The number of benzene rings is 1. The molecule has 0 atom stereocenters. The number of hydrogen-bond acceptors (Lipinski definition) is 8. The Bertz CT molecular complexity index is 889. The first kappa shape index (κ1) is 14.3. The molecule has 0 aliphatic rings. The normalized spacial score (nSPS) is 10.8. The van der Waals surface area contributed by atoms with Crippen LogP contribution in [0.25, 0.3) is 4.96 Å². The van der Waals surface area contributed by atoms with Gasteiger partial charge in [0.15, 0.2) is 11.5 Å². The highest BCUT2D eigenvalue weighted by Crippen LogP contribution is 2.28. The highest BCUT2D eigenvalue weighted by molar-refractivity contribution is 7.20. The topological polar surface area (TPSA) is 105 Å². The molecule has 0 aliphatic heterocycles. The highest BCUT2D eigenvalue weighted by Gasteiger charge is 2.12. The smallest absolute Gasteiger partial charge is 0.297 e. The summed E-state index contributed by atoms with van der Waals surface area (Å²) in [5.74, 6) is 1.21. The summed E-state index contributed by atoms with van der Waals surface area (Å²) in [5.41, 5.74) is 6.40. The van der Waals surface area contributed by atoms with Crippen molar-refractivity contribution in [2.75, 3.05) is 20.0 Å². The number of aromatic nitrogens is 4. The summed E-state index contributed by atoms with van der Waals surface area (Å²) >= 11 is 1.11. The quantitative estimate of drug-likeness (QED) is 0.756. The molecule has 2 aromatic heterocycles. The molecular weight excluding hydrogens is 306 g/mol. The number of nitrogens with two attached hydrogens (primary N) is 1. The SMILES string of the molecule is COc1ccc(Cc2nnc3sc(N)nn3c2=O)cc1OC. The van der Waals surface area contributed by atoms with Crippen LogP contribution in [0.1, 0.15) is 11.3 Å². The summed E-state index contributed by atoms with van der Waals surface area (Å²) in [4.78, 5) is 12.7. The lowest BCUT2D eigenvalue weighted by atomic mass is 10.1. The molecular formula is C13H13N5O3S. The fourth-order valence-corrected chi connectivity index (χ4v) is 2.66. The van der Waals surface area contributed by atoms with E-state index in [-0.39, 0.29) is 16.4 Å². The van der Waals surface area contributed by atoms with Crippen LogP contribution in [0, 0.1) is 0 Å². The molecule has 114 valence electrons. The van der Waals surface area contributed by atoms with Gasteiger partial charge in [0, 0.05) is 6.42 Å². The van der Waals surface area contributed by atoms with Crippen LogP contribution >= 0.6 is 11.3 Å². The number of anilines is 1. The monoisotopic (exact) mass is 319 g/mol. The Balaban J connectivity index is 1.99. The summed E-state index contributed by atoms with van der Waals surface area (Å²) in [5, 5.41) is 12.1. The van der Waals surface area contributed by atoms with Crippen molar-refractivity contribution in [3.05, 3.63) is 39.8 Å². The molecule has 0 radical (unpaired) electrons. The largest absolute Gasteiger partial charge is 0.493 e. The van der Waals surface area contributed by atoms with Crippen molar-refractivity contribution in [1.82, 2.24) is 19.8 Å². The van der Waals surface area contributed by atoms with Crippen molar-refractivity contribution in [2.45, 2.75) is 6.42 Å². The number of nitrogen functional groups attached to an aromatic ring is 1. The first-order chi connectivity index (χ1) is 10.6. The van der Waals surface area contributed by atoms with Crippen molar-refractivity contribution in [1.29, 1.82) is 0 Å². The maximum absolute atomic E-state index is 12.3. The third-order valence-electron chi connectivity index (χ3n) is 3.09. The Labute approximate surface area is 129 Å². The molecule has 9 heteroatoms.